The van der Waals surface area contributed by atoms with Crippen molar-refractivity contribution in [3.63, 3.8) is 0 Å². The SMILES string of the molecule is CCCC(=O)OCc1ccsc1. The third-order valence-electron chi connectivity index (χ3n) is 1.43. The average molecular weight is 184 g/mol. The molecule has 66 valence electrons. The maximum atomic E-state index is 10.9. The molecule has 0 aliphatic heterocycles. The first-order valence-electron chi connectivity index (χ1n) is 3.99. The lowest BCUT2D eigenvalue weighted by atomic mass is 10.3. The van der Waals surface area contributed by atoms with Crippen LogP contribution in [0.3, 0.4) is 0 Å². The molecule has 1 rings (SSSR count). The van der Waals surface area contributed by atoms with E-state index in [1.807, 2.05) is 23.8 Å². The Hall–Kier alpha value is -0.830. The molecule has 0 N–H and O–H groups in total. The van der Waals surface area contributed by atoms with Gasteiger partial charge in [0, 0.05) is 12.0 Å². The fraction of sp³-hybridized carbons (Fsp3) is 0.444. The van der Waals surface area contributed by atoms with Crippen LogP contribution < -0.4 is 0 Å². The Bertz CT molecular complexity index is 229. The maximum absolute atomic E-state index is 10.9. The van der Waals surface area contributed by atoms with Crippen LogP contribution in [0.25, 0.3) is 0 Å². The number of carbonyl (C=O) groups is 1. The minimum Gasteiger partial charge on any atom is -0.461 e. The Balaban J connectivity index is 2.22. The molecule has 2 nitrogen and oxygen atoms in total. The van der Waals surface area contributed by atoms with Gasteiger partial charge in [-0.2, -0.15) is 11.3 Å². The summed E-state index contributed by atoms with van der Waals surface area (Å²) in [6.07, 6.45) is 1.37. The van der Waals surface area contributed by atoms with Gasteiger partial charge in [-0.25, -0.2) is 0 Å². The number of ether oxygens (including phenoxy) is 1. The van der Waals surface area contributed by atoms with Gasteiger partial charge in [-0.1, -0.05) is 6.92 Å². The molecule has 0 aliphatic carbocycles. The van der Waals surface area contributed by atoms with Crippen LogP contribution in [0.4, 0.5) is 0 Å². The van der Waals surface area contributed by atoms with Gasteiger partial charge in [0.15, 0.2) is 0 Å². The largest absolute Gasteiger partial charge is 0.461 e. The fourth-order valence-electron chi connectivity index (χ4n) is 0.815. The van der Waals surface area contributed by atoms with E-state index >= 15 is 0 Å². The van der Waals surface area contributed by atoms with Crippen molar-refractivity contribution in [2.24, 2.45) is 0 Å². The summed E-state index contributed by atoms with van der Waals surface area (Å²) in [6.45, 7) is 2.38. The van der Waals surface area contributed by atoms with Crippen molar-refractivity contribution in [2.45, 2.75) is 26.4 Å². The molecule has 0 atom stereocenters. The van der Waals surface area contributed by atoms with Crippen LogP contribution in [0.2, 0.25) is 0 Å². The number of rotatable bonds is 4. The molecule has 0 unspecified atom stereocenters. The van der Waals surface area contributed by atoms with Gasteiger partial charge in [-0.15, -0.1) is 0 Å². The van der Waals surface area contributed by atoms with E-state index in [0.29, 0.717) is 13.0 Å². The molecule has 0 spiro atoms. The van der Waals surface area contributed by atoms with Gasteiger partial charge >= 0.3 is 5.97 Å². The van der Waals surface area contributed by atoms with E-state index in [9.17, 15) is 4.79 Å². The minimum atomic E-state index is -0.108. The molecule has 0 aromatic carbocycles. The molecule has 0 amide bonds. The highest BCUT2D eigenvalue weighted by Crippen LogP contribution is 2.07. The summed E-state index contributed by atoms with van der Waals surface area (Å²) in [6, 6.07) is 1.96. The second kappa shape index (κ2) is 4.93. The van der Waals surface area contributed by atoms with Crippen molar-refractivity contribution in [3.05, 3.63) is 22.4 Å². The molecule has 1 aromatic heterocycles. The van der Waals surface area contributed by atoms with E-state index < -0.39 is 0 Å². The first kappa shape index (κ1) is 9.26. The Morgan fingerprint density at radius 2 is 2.50 bits per heavy atom. The van der Waals surface area contributed by atoms with Gasteiger partial charge in [0.25, 0.3) is 0 Å². The molecule has 0 saturated carbocycles. The molecular formula is C9H12O2S. The van der Waals surface area contributed by atoms with Crippen LogP contribution in [0.5, 0.6) is 0 Å². The molecule has 1 aromatic rings. The van der Waals surface area contributed by atoms with E-state index in [1.54, 1.807) is 11.3 Å². The number of carbonyl (C=O) groups excluding carboxylic acids is 1. The average Bonchev–Trinajstić information content (AvgIpc) is 2.53. The van der Waals surface area contributed by atoms with Gasteiger partial charge in [0.1, 0.15) is 6.61 Å². The third-order valence-corrected chi connectivity index (χ3v) is 2.17. The number of esters is 1. The molecular weight excluding hydrogens is 172 g/mol. The minimum absolute atomic E-state index is 0.108. The Kier molecular flexibility index (Phi) is 3.80. The van der Waals surface area contributed by atoms with E-state index in [4.69, 9.17) is 4.74 Å². The van der Waals surface area contributed by atoms with Gasteiger partial charge in [0.05, 0.1) is 0 Å². The molecule has 0 radical (unpaired) electrons. The number of thiophene rings is 1. The summed E-state index contributed by atoms with van der Waals surface area (Å²) in [4.78, 5) is 10.9. The van der Waals surface area contributed by atoms with Crippen LogP contribution in [-0.2, 0) is 16.1 Å². The van der Waals surface area contributed by atoms with Gasteiger partial charge in [-0.05, 0) is 23.2 Å². The molecule has 0 saturated heterocycles. The first-order chi connectivity index (χ1) is 5.83. The van der Waals surface area contributed by atoms with Gasteiger partial charge in [0.2, 0.25) is 0 Å². The molecule has 1 heterocycles. The van der Waals surface area contributed by atoms with E-state index in [0.717, 1.165) is 12.0 Å². The second-order valence-electron chi connectivity index (χ2n) is 2.54. The Morgan fingerprint density at radius 3 is 3.08 bits per heavy atom. The van der Waals surface area contributed by atoms with Crippen LogP contribution in [-0.4, -0.2) is 5.97 Å². The van der Waals surface area contributed by atoms with Crippen LogP contribution in [0, 0.1) is 0 Å². The fourth-order valence-corrected chi connectivity index (χ4v) is 1.47. The quantitative estimate of drug-likeness (QED) is 0.672. The highest BCUT2D eigenvalue weighted by atomic mass is 32.1. The smallest absolute Gasteiger partial charge is 0.306 e. The zero-order valence-corrected chi connectivity index (χ0v) is 7.89. The van der Waals surface area contributed by atoms with Crippen molar-refractivity contribution >= 4 is 17.3 Å². The summed E-state index contributed by atoms with van der Waals surface area (Å²) >= 11 is 1.61. The van der Waals surface area contributed by atoms with Crippen LogP contribution in [0.1, 0.15) is 25.3 Å². The van der Waals surface area contributed by atoms with E-state index in [2.05, 4.69) is 0 Å². The molecule has 12 heavy (non-hydrogen) atoms. The van der Waals surface area contributed by atoms with Crippen molar-refractivity contribution in [3.8, 4) is 0 Å². The second-order valence-corrected chi connectivity index (χ2v) is 3.32. The maximum Gasteiger partial charge on any atom is 0.306 e. The Morgan fingerprint density at radius 1 is 1.67 bits per heavy atom. The van der Waals surface area contributed by atoms with Gasteiger partial charge in [-0.3, -0.25) is 4.79 Å². The lowest BCUT2D eigenvalue weighted by Crippen LogP contribution is -2.02. The van der Waals surface area contributed by atoms with Crippen molar-refractivity contribution < 1.29 is 9.53 Å². The van der Waals surface area contributed by atoms with Crippen molar-refractivity contribution in [1.82, 2.24) is 0 Å². The zero-order valence-electron chi connectivity index (χ0n) is 7.08. The molecule has 0 aliphatic rings. The zero-order chi connectivity index (χ0) is 8.81. The summed E-state index contributed by atoms with van der Waals surface area (Å²) < 4.78 is 4.99. The van der Waals surface area contributed by atoms with Crippen LogP contribution >= 0.6 is 11.3 Å². The first-order valence-corrected chi connectivity index (χ1v) is 4.94. The highest BCUT2D eigenvalue weighted by Gasteiger charge is 2.00. The third kappa shape index (κ3) is 3.05. The van der Waals surface area contributed by atoms with Crippen molar-refractivity contribution in [2.75, 3.05) is 0 Å². The predicted octanol–water partition coefficient (Wildman–Crippen LogP) is 2.59. The normalized spacial score (nSPS) is 9.75. The molecule has 3 heteroatoms. The topological polar surface area (TPSA) is 26.3 Å². The molecule has 0 bridgehead atoms. The summed E-state index contributed by atoms with van der Waals surface area (Å²) in [5.41, 5.74) is 1.07. The monoisotopic (exact) mass is 184 g/mol. The highest BCUT2D eigenvalue weighted by molar-refractivity contribution is 7.07. The number of hydrogen-bond donors (Lipinski definition) is 0. The predicted molar refractivity (Wildman–Crippen MR) is 49.0 cm³/mol. The van der Waals surface area contributed by atoms with Crippen LogP contribution in [0.15, 0.2) is 16.8 Å². The van der Waals surface area contributed by atoms with E-state index in [-0.39, 0.29) is 5.97 Å². The standard InChI is InChI=1S/C9H12O2S/c1-2-3-9(10)11-6-8-4-5-12-7-8/h4-5,7H,2-3,6H2,1H3. The Labute approximate surface area is 76.2 Å². The number of hydrogen-bond acceptors (Lipinski definition) is 3. The summed E-state index contributed by atoms with van der Waals surface area (Å²) in [5, 5.41) is 3.96. The lowest BCUT2D eigenvalue weighted by molar-refractivity contribution is -0.144. The van der Waals surface area contributed by atoms with Gasteiger partial charge < -0.3 is 4.74 Å². The van der Waals surface area contributed by atoms with E-state index in [1.165, 1.54) is 0 Å². The van der Waals surface area contributed by atoms with Crippen molar-refractivity contribution in [1.29, 1.82) is 0 Å². The lowest BCUT2D eigenvalue weighted by Gasteiger charge is -2.00. The molecule has 0 fully saturated rings. The summed E-state index contributed by atoms with van der Waals surface area (Å²) in [7, 11) is 0. The summed E-state index contributed by atoms with van der Waals surface area (Å²) in [5.74, 6) is -0.108.